The van der Waals surface area contributed by atoms with Gasteiger partial charge in [-0.2, -0.15) is 0 Å². The first kappa shape index (κ1) is 15.3. The Labute approximate surface area is 150 Å². The average molecular weight is 399 g/mol. The van der Waals surface area contributed by atoms with Crippen LogP contribution in [0.25, 0.3) is 22.4 Å². The first-order valence-corrected chi connectivity index (χ1v) is 8.99. The monoisotopic (exact) mass is 398 g/mol. The first-order valence-electron chi connectivity index (χ1n) is 7.21. The molecule has 5 nitrogen and oxygen atoms in total. The van der Waals surface area contributed by atoms with Crippen molar-refractivity contribution in [3.05, 3.63) is 65.2 Å². The third-order valence-corrected chi connectivity index (χ3v) is 5.09. The van der Waals surface area contributed by atoms with Gasteiger partial charge < -0.3 is 4.42 Å². The minimum absolute atomic E-state index is 0.505. The summed E-state index contributed by atoms with van der Waals surface area (Å²) >= 11 is 5.05. The van der Waals surface area contributed by atoms with E-state index < -0.39 is 0 Å². The van der Waals surface area contributed by atoms with Crippen LogP contribution in [0, 0.1) is 0 Å². The van der Waals surface area contributed by atoms with Crippen LogP contribution in [0.2, 0.25) is 0 Å². The van der Waals surface area contributed by atoms with E-state index in [0.29, 0.717) is 17.5 Å². The number of fused-ring (bicyclic) bond motifs is 1. The second-order valence-corrected chi connectivity index (χ2v) is 6.78. The normalized spacial score (nSPS) is 11.0. The molecule has 2 aromatic carbocycles. The molecule has 4 rings (SSSR count). The SMILES string of the molecule is Brc1ccccc1-c1nnc(CSc2ncnc3ccccc23)o1. The van der Waals surface area contributed by atoms with Crippen molar-refractivity contribution in [1.82, 2.24) is 20.2 Å². The highest BCUT2D eigenvalue weighted by Crippen LogP contribution is 2.30. The number of nitrogens with zero attached hydrogens (tertiary/aromatic N) is 4. The summed E-state index contributed by atoms with van der Waals surface area (Å²) < 4.78 is 6.69. The minimum Gasteiger partial charge on any atom is -0.420 e. The number of hydrogen-bond acceptors (Lipinski definition) is 6. The van der Waals surface area contributed by atoms with Gasteiger partial charge in [-0.25, -0.2) is 9.97 Å². The van der Waals surface area contributed by atoms with Crippen molar-refractivity contribution in [1.29, 1.82) is 0 Å². The van der Waals surface area contributed by atoms with Crippen LogP contribution in [-0.4, -0.2) is 20.2 Å². The summed E-state index contributed by atoms with van der Waals surface area (Å²) in [6.07, 6.45) is 1.57. The maximum atomic E-state index is 5.77. The molecule has 0 saturated carbocycles. The lowest BCUT2D eigenvalue weighted by Crippen LogP contribution is -1.88. The molecule has 7 heteroatoms. The number of halogens is 1. The molecule has 0 spiro atoms. The van der Waals surface area contributed by atoms with E-state index in [-0.39, 0.29) is 0 Å². The molecule has 4 aromatic rings. The van der Waals surface area contributed by atoms with Crippen LogP contribution in [0.1, 0.15) is 5.89 Å². The Balaban J connectivity index is 1.56. The molecule has 0 aliphatic heterocycles. The van der Waals surface area contributed by atoms with Crippen molar-refractivity contribution in [2.75, 3.05) is 0 Å². The number of rotatable bonds is 4. The number of hydrogen-bond donors (Lipinski definition) is 0. The van der Waals surface area contributed by atoms with Gasteiger partial charge in [0.1, 0.15) is 11.4 Å². The summed E-state index contributed by atoms with van der Waals surface area (Å²) in [5, 5.41) is 10.2. The maximum Gasteiger partial charge on any atom is 0.248 e. The van der Waals surface area contributed by atoms with Gasteiger partial charge in [0.2, 0.25) is 11.8 Å². The smallest absolute Gasteiger partial charge is 0.248 e. The highest BCUT2D eigenvalue weighted by atomic mass is 79.9. The summed E-state index contributed by atoms with van der Waals surface area (Å²) in [6.45, 7) is 0. The second-order valence-electron chi connectivity index (χ2n) is 4.97. The average Bonchev–Trinajstić information content (AvgIpc) is 3.09. The van der Waals surface area contributed by atoms with E-state index in [0.717, 1.165) is 26.0 Å². The fourth-order valence-electron chi connectivity index (χ4n) is 2.28. The van der Waals surface area contributed by atoms with Gasteiger partial charge in [0.15, 0.2) is 0 Å². The van der Waals surface area contributed by atoms with Crippen molar-refractivity contribution in [2.45, 2.75) is 10.8 Å². The summed E-state index contributed by atoms with van der Waals surface area (Å²) in [5.74, 6) is 1.62. The topological polar surface area (TPSA) is 64.7 Å². The third kappa shape index (κ3) is 3.05. The molecular weight excluding hydrogens is 388 g/mol. The van der Waals surface area contributed by atoms with Gasteiger partial charge in [0, 0.05) is 9.86 Å². The molecule has 0 saturated heterocycles. The van der Waals surface area contributed by atoms with Gasteiger partial charge in [-0.3, -0.25) is 0 Å². The molecule has 0 aliphatic carbocycles. The Hall–Kier alpha value is -2.25. The highest BCUT2D eigenvalue weighted by Gasteiger charge is 2.12. The minimum atomic E-state index is 0.505. The molecule has 0 N–H and O–H groups in total. The number of thioether (sulfide) groups is 1. The third-order valence-electron chi connectivity index (χ3n) is 3.41. The van der Waals surface area contributed by atoms with Gasteiger partial charge >= 0.3 is 0 Å². The van der Waals surface area contributed by atoms with E-state index in [1.54, 1.807) is 18.1 Å². The Kier molecular flexibility index (Phi) is 4.27. The Bertz CT molecular complexity index is 999. The molecule has 0 bridgehead atoms. The molecule has 0 amide bonds. The predicted octanol–water partition coefficient (Wildman–Crippen LogP) is 4.73. The van der Waals surface area contributed by atoms with Gasteiger partial charge in [-0.1, -0.05) is 42.1 Å². The van der Waals surface area contributed by atoms with Crippen molar-refractivity contribution in [3.63, 3.8) is 0 Å². The zero-order valence-electron chi connectivity index (χ0n) is 12.4. The molecule has 0 fully saturated rings. The van der Waals surface area contributed by atoms with Crippen LogP contribution >= 0.6 is 27.7 Å². The Morgan fingerprint density at radius 1 is 0.958 bits per heavy atom. The Morgan fingerprint density at radius 3 is 2.71 bits per heavy atom. The van der Waals surface area contributed by atoms with Gasteiger partial charge in [0.25, 0.3) is 0 Å². The lowest BCUT2D eigenvalue weighted by molar-refractivity contribution is 0.528. The molecule has 2 aromatic heterocycles. The van der Waals surface area contributed by atoms with Gasteiger partial charge in [-0.15, -0.1) is 10.2 Å². The zero-order valence-corrected chi connectivity index (χ0v) is 14.8. The number of aromatic nitrogens is 4. The largest absolute Gasteiger partial charge is 0.420 e. The summed E-state index contributed by atoms with van der Waals surface area (Å²) in [5.41, 5.74) is 1.81. The molecule has 2 heterocycles. The lowest BCUT2D eigenvalue weighted by atomic mass is 10.2. The van der Waals surface area contributed by atoms with E-state index in [1.165, 1.54) is 0 Å². The molecule has 0 unspecified atom stereocenters. The van der Waals surface area contributed by atoms with Crippen LogP contribution in [0.15, 0.2) is 68.8 Å². The maximum absolute atomic E-state index is 5.77. The summed E-state index contributed by atoms with van der Waals surface area (Å²) in [4.78, 5) is 8.62. The Morgan fingerprint density at radius 2 is 1.79 bits per heavy atom. The van der Waals surface area contributed by atoms with E-state index in [1.807, 2.05) is 48.5 Å². The van der Waals surface area contributed by atoms with Crippen molar-refractivity contribution < 1.29 is 4.42 Å². The molecule has 0 atom stereocenters. The standard InChI is InChI=1S/C17H11BrN4OS/c18-13-7-3-1-5-11(13)16-22-21-15(23-16)9-24-17-12-6-2-4-8-14(12)19-10-20-17/h1-8,10H,9H2. The highest BCUT2D eigenvalue weighted by molar-refractivity contribution is 9.10. The van der Waals surface area contributed by atoms with Crippen LogP contribution in [0.4, 0.5) is 0 Å². The summed E-state index contributed by atoms with van der Waals surface area (Å²) in [6, 6.07) is 15.7. The van der Waals surface area contributed by atoms with Crippen molar-refractivity contribution in [3.8, 4) is 11.5 Å². The second kappa shape index (κ2) is 6.70. The number of benzene rings is 2. The van der Waals surface area contributed by atoms with Crippen LogP contribution in [0.5, 0.6) is 0 Å². The fourth-order valence-corrected chi connectivity index (χ4v) is 3.56. The molecule has 118 valence electrons. The number of para-hydroxylation sites is 1. The van der Waals surface area contributed by atoms with Crippen LogP contribution in [-0.2, 0) is 5.75 Å². The summed E-state index contributed by atoms with van der Waals surface area (Å²) in [7, 11) is 0. The lowest BCUT2D eigenvalue weighted by Gasteiger charge is -2.02. The van der Waals surface area contributed by atoms with E-state index in [2.05, 4.69) is 36.1 Å². The van der Waals surface area contributed by atoms with Gasteiger partial charge in [-0.05, 0) is 34.1 Å². The van der Waals surface area contributed by atoms with E-state index in [4.69, 9.17) is 4.42 Å². The van der Waals surface area contributed by atoms with Gasteiger partial charge in [0.05, 0.1) is 16.8 Å². The van der Waals surface area contributed by atoms with E-state index >= 15 is 0 Å². The van der Waals surface area contributed by atoms with Crippen molar-refractivity contribution in [2.24, 2.45) is 0 Å². The molecular formula is C17H11BrN4OS. The van der Waals surface area contributed by atoms with Crippen LogP contribution < -0.4 is 0 Å². The fraction of sp³-hybridized carbons (Fsp3) is 0.0588. The zero-order chi connectivity index (χ0) is 16.4. The predicted molar refractivity (Wildman–Crippen MR) is 96.5 cm³/mol. The first-order chi connectivity index (χ1) is 11.8. The van der Waals surface area contributed by atoms with Crippen molar-refractivity contribution >= 4 is 38.6 Å². The molecule has 24 heavy (non-hydrogen) atoms. The van der Waals surface area contributed by atoms with E-state index in [9.17, 15) is 0 Å². The quantitative estimate of drug-likeness (QED) is 0.365. The molecule has 0 radical (unpaired) electrons. The van der Waals surface area contributed by atoms with Crippen LogP contribution in [0.3, 0.4) is 0 Å². The molecule has 0 aliphatic rings.